The van der Waals surface area contributed by atoms with E-state index in [4.69, 9.17) is 5.73 Å². The fraction of sp³-hybridized carbons (Fsp3) is 0.421. The van der Waals surface area contributed by atoms with Crippen molar-refractivity contribution in [1.82, 2.24) is 0 Å². The summed E-state index contributed by atoms with van der Waals surface area (Å²) >= 11 is 0. The number of hydrogen-bond donors (Lipinski definition) is 1. The number of hydrogen-bond acceptors (Lipinski definition) is 3. The smallest absolute Gasteiger partial charge is 0.218 e. The Morgan fingerprint density at radius 2 is 2.04 bits per heavy atom. The zero-order chi connectivity index (χ0) is 17.1. The summed E-state index contributed by atoms with van der Waals surface area (Å²) in [6.45, 7) is 5.90. The lowest BCUT2D eigenvalue weighted by Crippen LogP contribution is -2.22. The number of carbonyl (C=O) groups excluding carboxylic acids is 3. The van der Waals surface area contributed by atoms with Gasteiger partial charge in [0.05, 0.1) is 0 Å². The monoisotopic (exact) mass is 313 g/mol. The van der Waals surface area contributed by atoms with E-state index in [0.29, 0.717) is 0 Å². The molecule has 0 saturated heterocycles. The fourth-order valence-electron chi connectivity index (χ4n) is 3.47. The number of rotatable bonds is 5. The Hall–Kier alpha value is -2.23. The van der Waals surface area contributed by atoms with Crippen molar-refractivity contribution < 1.29 is 14.4 Å². The van der Waals surface area contributed by atoms with E-state index in [2.05, 4.69) is 0 Å². The van der Waals surface area contributed by atoms with Crippen molar-refractivity contribution in [2.24, 2.45) is 11.7 Å². The molecular weight excluding hydrogens is 290 g/mol. The Balaban J connectivity index is 2.47. The van der Waals surface area contributed by atoms with Crippen molar-refractivity contribution in [1.29, 1.82) is 0 Å². The van der Waals surface area contributed by atoms with Crippen LogP contribution in [0.3, 0.4) is 0 Å². The molecule has 1 aliphatic rings. The lowest BCUT2D eigenvalue weighted by molar-refractivity contribution is -0.127. The first-order valence-electron chi connectivity index (χ1n) is 7.99. The second kappa shape index (κ2) is 6.90. The van der Waals surface area contributed by atoms with Crippen LogP contribution in [0.4, 0.5) is 0 Å². The van der Waals surface area contributed by atoms with E-state index in [1.165, 1.54) is 0 Å². The van der Waals surface area contributed by atoms with Gasteiger partial charge >= 0.3 is 0 Å². The maximum atomic E-state index is 12.6. The highest BCUT2D eigenvalue weighted by Gasteiger charge is 2.43. The molecule has 1 aromatic carbocycles. The summed E-state index contributed by atoms with van der Waals surface area (Å²) in [5, 5.41) is 0. The summed E-state index contributed by atoms with van der Waals surface area (Å²) in [6.07, 6.45) is 4.79. The van der Waals surface area contributed by atoms with Crippen LogP contribution in [0.1, 0.15) is 54.9 Å². The maximum absolute atomic E-state index is 12.6. The van der Waals surface area contributed by atoms with Crippen molar-refractivity contribution >= 4 is 23.5 Å². The highest BCUT2D eigenvalue weighted by molar-refractivity contribution is 6.15. The molecule has 1 saturated carbocycles. The highest BCUT2D eigenvalue weighted by atomic mass is 16.2. The van der Waals surface area contributed by atoms with Gasteiger partial charge in [-0.1, -0.05) is 31.2 Å². The van der Waals surface area contributed by atoms with Crippen LogP contribution in [0.5, 0.6) is 0 Å². The minimum Gasteiger partial charge on any atom is -0.370 e. The molecule has 2 rings (SSSR count). The Kier molecular flexibility index (Phi) is 5.14. The molecule has 0 aromatic heterocycles. The molecule has 2 atom stereocenters. The molecule has 4 nitrogen and oxygen atoms in total. The zero-order valence-electron chi connectivity index (χ0n) is 13.9. The first kappa shape index (κ1) is 17.1. The van der Waals surface area contributed by atoms with Crippen LogP contribution in [0.2, 0.25) is 0 Å². The normalized spacial score (nSPS) is 21.3. The maximum Gasteiger partial charge on any atom is 0.218 e. The van der Waals surface area contributed by atoms with Gasteiger partial charge < -0.3 is 5.73 Å². The van der Waals surface area contributed by atoms with Gasteiger partial charge in [0.2, 0.25) is 5.91 Å². The van der Waals surface area contributed by atoms with Crippen LogP contribution in [0.15, 0.2) is 18.2 Å². The first-order valence-corrected chi connectivity index (χ1v) is 7.99. The van der Waals surface area contributed by atoms with Gasteiger partial charge in [0, 0.05) is 18.8 Å². The van der Waals surface area contributed by atoms with Crippen molar-refractivity contribution in [2.45, 2.75) is 46.0 Å². The number of aryl methyl sites for hydroxylation is 2. The van der Waals surface area contributed by atoms with Gasteiger partial charge in [-0.3, -0.25) is 14.4 Å². The number of benzene rings is 1. The van der Waals surface area contributed by atoms with Crippen LogP contribution in [-0.4, -0.2) is 17.5 Å². The van der Waals surface area contributed by atoms with Gasteiger partial charge in [0.25, 0.3) is 0 Å². The molecule has 0 bridgehead atoms. The zero-order valence-corrected chi connectivity index (χ0v) is 13.9. The predicted molar refractivity (Wildman–Crippen MR) is 89.9 cm³/mol. The second-order valence-corrected chi connectivity index (χ2v) is 6.14. The van der Waals surface area contributed by atoms with Crippen LogP contribution in [0.25, 0.3) is 6.08 Å². The summed E-state index contributed by atoms with van der Waals surface area (Å²) in [5.41, 5.74) is 9.05. The Morgan fingerprint density at radius 1 is 1.35 bits per heavy atom. The van der Waals surface area contributed by atoms with E-state index in [1.54, 1.807) is 0 Å². The Labute approximate surface area is 136 Å². The van der Waals surface area contributed by atoms with E-state index >= 15 is 0 Å². The van der Waals surface area contributed by atoms with E-state index < -0.39 is 17.7 Å². The fourth-order valence-corrected chi connectivity index (χ4v) is 3.47. The van der Waals surface area contributed by atoms with Gasteiger partial charge in [0.15, 0.2) is 5.78 Å². The number of primary amides is 1. The van der Waals surface area contributed by atoms with Crippen molar-refractivity contribution in [3.8, 4) is 0 Å². The van der Waals surface area contributed by atoms with Gasteiger partial charge in [-0.05, 0) is 42.5 Å². The lowest BCUT2D eigenvalue weighted by Gasteiger charge is -2.18. The summed E-state index contributed by atoms with van der Waals surface area (Å²) in [7, 11) is 0. The molecule has 2 unspecified atom stereocenters. The number of ketones is 2. The lowest BCUT2D eigenvalue weighted by atomic mass is 9.84. The first-order chi connectivity index (χ1) is 10.9. The third-order valence-corrected chi connectivity index (χ3v) is 4.43. The van der Waals surface area contributed by atoms with E-state index in [-0.39, 0.29) is 24.4 Å². The third-order valence-electron chi connectivity index (χ3n) is 4.43. The van der Waals surface area contributed by atoms with Gasteiger partial charge in [0.1, 0.15) is 11.7 Å². The molecule has 2 N–H and O–H groups in total. The van der Waals surface area contributed by atoms with E-state index in [9.17, 15) is 14.4 Å². The summed E-state index contributed by atoms with van der Waals surface area (Å²) in [6, 6.07) is 4.03. The van der Waals surface area contributed by atoms with Crippen LogP contribution in [-0.2, 0) is 20.8 Å². The van der Waals surface area contributed by atoms with Gasteiger partial charge in [-0.15, -0.1) is 0 Å². The second-order valence-electron chi connectivity index (χ2n) is 6.14. The summed E-state index contributed by atoms with van der Waals surface area (Å²) < 4.78 is 0. The summed E-state index contributed by atoms with van der Waals surface area (Å²) in [5.74, 6) is -2.10. The van der Waals surface area contributed by atoms with Crippen LogP contribution < -0.4 is 5.73 Å². The summed E-state index contributed by atoms with van der Waals surface area (Å²) in [4.78, 5) is 36.2. The topological polar surface area (TPSA) is 77.2 Å². The minimum absolute atomic E-state index is 0.0434. The number of Topliss-reactive ketones (excluding diaryl/α,β-unsaturated/α-hetero) is 2. The quantitative estimate of drug-likeness (QED) is 0.849. The number of allylic oxidation sites excluding steroid dienone is 1. The molecule has 1 aliphatic carbocycles. The molecule has 1 aromatic rings. The molecule has 0 heterocycles. The minimum atomic E-state index is -0.742. The number of nitrogens with two attached hydrogens (primary N) is 1. The average Bonchev–Trinajstić information content (AvgIpc) is 2.73. The van der Waals surface area contributed by atoms with Gasteiger partial charge in [-0.2, -0.15) is 0 Å². The molecule has 4 heteroatoms. The molecule has 0 radical (unpaired) electrons. The predicted octanol–water partition coefficient (Wildman–Crippen LogP) is 2.71. The van der Waals surface area contributed by atoms with Crippen molar-refractivity contribution in [3.05, 3.63) is 40.5 Å². The third kappa shape index (κ3) is 3.41. The molecule has 0 aliphatic heterocycles. The molecule has 1 fully saturated rings. The molecule has 0 spiro atoms. The van der Waals surface area contributed by atoms with E-state index in [0.717, 1.165) is 28.7 Å². The van der Waals surface area contributed by atoms with Crippen molar-refractivity contribution in [2.75, 3.05) is 0 Å². The van der Waals surface area contributed by atoms with Crippen molar-refractivity contribution in [3.63, 3.8) is 0 Å². The molecular formula is C19H23NO3. The highest BCUT2D eigenvalue weighted by Crippen LogP contribution is 2.37. The Bertz CT molecular complexity index is 688. The standard InChI is InChI=1S/C19H23NO3/c1-4-6-12-7-11(3)17(13(5-2)8-12)18-15(21)9-14(19(18)23)10-16(20)22/h4,6-8,14,18H,5,9-10H2,1-3H3,(H2,20,22)/b6-4+. The SMILES string of the molecule is C/C=C/c1cc(C)c(C2C(=O)CC(CC(N)=O)C2=O)c(CC)c1. The van der Waals surface area contributed by atoms with E-state index in [1.807, 2.05) is 45.1 Å². The van der Waals surface area contributed by atoms with Crippen LogP contribution >= 0.6 is 0 Å². The average molecular weight is 313 g/mol. The number of carbonyl (C=O) groups is 3. The molecule has 23 heavy (non-hydrogen) atoms. The largest absolute Gasteiger partial charge is 0.370 e. The van der Waals surface area contributed by atoms with Crippen LogP contribution in [0, 0.1) is 12.8 Å². The number of amides is 1. The molecule has 1 amide bonds. The Morgan fingerprint density at radius 3 is 2.61 bits per heavy atom. The van der Waals surface area contributed by atoms with Gasteiger partial charge in [-0.25, -0.2) is 0 Å². The molecule has 122 valence electrons.